The van der Waals surface area contributed by atoms with Gasteiger partial charge in [-0.3, -0.25) is 47.4 Å². The molecular formula is C36H34N10O16P2-2. The molecule has 3 aliphatic rings. The number of fused-ring (bicyclic) bond motifs is 4. The fraction of sp³-hybridized carbons (Fsp3) is 0.333. The van der Waals surface area contributed by atoms with Crippen LogP contribution in [0.25, 0.3) is 45.1 Å². The Morgan fingerprint density at radius 1 is 0.703 bits per heavy atom. The van der Waals surface area contributed by atoms with E-state index in [4.69, 9.17) is 39.0 Å². The number of imidazole rings is 2. The number of H-pyrrole nitrogens is 2. The number of anilines is 2. The summed E-state index contributed by atoms with van der Waals surface area (Å²) in [6, 6.07) is 12.0. The number of aliphatic hydroxyl groups excluding tert-OH is 2. The Hall–Kier alpha value is -5.86. The molecule has 2 aromatic carbocycles. The van der Waals surface area contributed by atoms with E-state index in [-0.39, 0.29) is 79.7 Å². The maximum absolute atomic E-state index is 13.6. The van der Waals surface area contributed by atoms with E-state index in [9.17, 15) is 48.3 Å². The largest absolute Gasteiger partial charge is 0.756 e. The SMILES string of the molecule is CC(=O)c1cccc(-c2nc3c(=O)[nH]c(N)nc3n2[C@@H]2O[C@@H]3COP(=O)([O-])OC4[C@@H](COP(=O)([O-])O[C@@H]3C2O)O[C@@H](n2c(-c3cccc(C(C)=O)c3)nc3c(=O)[nH]c(N)nc32)[C@H]4O)c1. The number of carbonyl (C=O) groups excluding carboxylic acids is 2. The highest BCUT2D eigenvalue weighted by molar-refractivity contribution is 7.46. The lowest BCUT2D eigenvalue weighted by atomic mass is 10.1. The van der Waals surface area contributed by atoms with E-state index in [0.29, 0.717) is 0 Å². The van der Waals surface area contributed by atoms with E-state index in [1.165, 1.54) is 62.4 Å². The summed E-state index contributed by atoms with van der Waals surface area (Å²) in [5, 5.41) is 23.6. The Labute approximate surface area is 356 Å². The summed E-state index contributed by atoms with van der Waals surface area (Å²) in [4.78, 5) is 99.5. The van der Waals surface area contributed by atoms with Crippen molar-refractivity contribution < 1.29 is 66.3 Å². The number of benzene rings is 2. The topological polar surface area (TPSA) is 389 Å². The number of phosphoric ester groups is 2. The second-order valence-corrected chi connectivity index (χ2v) is 17.6. The molecule has 10 atom stereocenters. The van der Waals surface area contributed by atoms with Crippen LogP contribution in [0.5, 0.6) is 0 Å². The fourth-order valence-electron chi connectivity index (χ4n) is 7.73. The van der Waals surface area contributed by atoms with Gasteiger partial charge in [-0.15, -0.1) is 0 Å². The molecule has 0 radical (unpaired) electrons. The number of nitrogens with zero attached hydrogens (tertiary/aromatic N) is 6. The normalized spacial score (nSPS) is 29.8. The van der Waals surface area contributed by atoms with Crippen molar-refractivity contribution in [3.05, 3.63) is 80.4 Å². The number of carbonyl (C=O) groups is 2. The molecule has 6 aromatic rings. The van der Waals surface area contributed by atoms with E-state index >= 15 is 0 Å². The lowest BCUT2D eigenvalue weighted by molar-refractivity contribution is -0.244. The Morgan fingerprint density at radius 2 is 1.09 bits per heavy atom. The zero-order valence-corrected chi connectivity index (χ0v) is 34.8. The van der Waals surface area contributed by atoms with Crippen molar-refractivity contribution in [3.8, 4) is 22.8 Å². The molecule has 0 aliphatic carbocycles. The van der Waals surface area contributed by atoms with Crippen molar-refractivity contribution in [2.45, 2.75) is 62.9 Å². The number of Topliss-reactive ketones (excluding diaryl/α,β-unsaturated/α-hetero) is 2. The summed E-state index contributed by atoms with van der Waals surface area (Å²) < 4.78 is 62.5. The van der Waals surface area contributed by atoms with Crippen LogP contribution in [-0.2, 0) is 36.7 Å². The van der Waals surface area contributed by atoms with Crippen molar-refractivity contribution in [2.24, 2.45) is 0 Å². The number of aromatic nitrogens is 8. The van der Waals surface area contributed by atoms with Crippen LogP contribution < -0.4 is 32.4 Å². The fourth-order valence-corrected chi connectivity index (χ4v) is 9.63. The summed E-state index contributed by atoms with van der Waals surface area (Å²) in [6.45, 7) is 0.471. The molecule has 64 heavy (non-hydrogen) atoms. The standard InChI is InChI=1S/C36H36N10O16P2/c1-13(47)15-5-3-7-17(9-15)27-39-21-29(41-35(37)43-31(21)51)45(27)33-23(49)25-19(59-33)11-57-64(55,56)62-26-20(12-58-63(53,54)61-25)60-34(24(26)50)46-28(18-8-4-6-16(10-18)14(2)48)40-22-30(46)42-36(38)44-32(22)52/h3-10,19-20,23-26,33-34,49-50H,11-12H2,1-2H3,(H,53,54)(H,55,56)(H3,37,41,43,51)(H3,38,42,44,52)/p-2/t19-,20-,23+,24?,25?,26+,33-,34-/m1/s1. The summed E-state index contributed by atoms with van der Waals surface area (Å²) in [5.74, 6) is -1.64. The molecule has 3 fully saturated rings. The number of aromatic amines is 2. The van der Waals surface area contributed by atoms with Crippen LogP contribution in [-0.4, -0.2) is 111 Å². The van der Waals surface area contributed by atoms with Gasteiger partial charge in [0.2, 0.25) is 11.9 Å². The molecule has 3 aliphatic heterocycles. The first-order valence-corrected chi connectivity index (χ1v) is 21.9. The van der Waals surface area contributed by atoms with E-state index in [0.717, 1.165) is 9.13 Å². The third kappa shape index (κ3) is 7.78. The van der Waals surface area contributed by atoms with Crippen LogP contribution in [0.15, 0.2) is 58.1 Å². The van der Waals surface area contributed by atoms with Gasteiger partial charge in [-0.2, -0.15) is 9.97 Å². The maximum atomic E-state index is 13.6. The van der Waals surface area contributed by atoms with Crippen LogP contribution >= 0.6 is 15.6 Å². The Bertz CT molecular complexity index is 2910. The van der Waals surface area contributed by atoms with Gasteiger partial charge in [-0.25, -0.2) is 9.97 Å². The number of hydrogen-bond donors (Lipinski definition) is 6. The first-order valence-electron chi connectivity index (χ1n) is 19.0. The lowest BCUT2D eigenvalue weighted by Crippen LogP contribution is -2.41. The number of ketones is 2. The number of hydrogen-bond acceptors (Lipinski definition) is 22. The number of phosphoric acid groups is 2. The first-order chi connectivity index (χ1) is 30.3. The zero-order valence-electron chi connectivity index (χ0n) is 33.0. The van der Waals surface area contributed by atoms with E-state index < -0.39 is 89.1 Å². The molecule has 0 spiro atoms. The summed E-state index contributed by atoms with van der Waals surface area (Å²) in [7, 11) is -11.2. The minimum absolute atomic E-state index is 0.111. The second kappa shape index (κ2) is 16.0. The zero-order chi connectivity index (χ0) is 45.6. The van der Waals surface area contributed by atoms with Crippen LogP contribution in [0.3, 0.4) is 0 Å². The Morgan fingerprint density at radius 3 is 1.47 bits per heavy atom. The molecule has 4 aromatic heterocycles. The van der Waals surface area contributed by atoms with Crippen molar-refractivity contribution in [1.29, 1.82) is 0 Å². The quantitative estimate of drug-likeness (QED) is 0.0899. The van der Waals surface area contributed by atoms with Gasteiger partial charge in [0.15, 0.2) is 46.4 Å². The third-order valence-electron chi connectivity index (χ3n) is 10.6. The molecule has 4 unspecified atom stereocenters. The number of nitrogens with one attached hydrogen (secondary N) is 2. The highest BCUT2D eigenvalue weighted by Crippen LogP contribution is 2.51. The van der Waals surface area contributed by atoms with Crippen molar-refractivity contribution in [3.63, 3.8) is 0 Å². The molecule has 26 nitrogen and oxygen atoms in total. The van der Waals surface area contributed by atoms with Crippen LogP contribution in [0.4, 0.5) is 11.9 Å². The van der Waals surface area contributed by atoms with Gasteiger partial charge in [-0.1, -0.05) is 36.4 Å². The molecule has 8 N–H and O–H groups in total. The van der Waals surface area contributed by atoms with Crippen LogP contribution in [0.2, 0.25) is 0 Å². The molecular weight excluding hydrogens is 890 g/mol. The number of aliphatic hydroxyl groups is 2. The van der Waals surface area contributed by atoms with E-state index in [2.05, 4.69) is 29.9 Å². The minimum atomic E-state index is -5.59. The summed E-state index contributed by atoms with van der Waals surface area (Å²) in [5.41, 5.74) is 9.87. The van der Waals surface area contributed by atoms with Gasteiger partial charge >= 0.3 is 0 Å². The number of rotatable bonds is 6. The molecule has 28 heteroatoms. The Kier molecular flexibility index (Phi) is 10.8. The second-order valence-electron chi connectivity index (χ2n) is 14.9. The molecule has 0 saturated carbocycles. The van der Waals surface area contributed by atoms with Gasteiger partial charge in [0.1, 0.15) is 48.3 Å². The molecule has 9 rings (SSSR count). The van der Waals surface area contributed by atoms with Crippen molar-refractivity contribution in [1.82, 2.24) is 39.0 Å². The predicted molar refractivity (Wildman–Crippen MR) is 213 cm³/mol. The van der Waals surface area contributed by atoms with Gasteiger partial charge < -0.3 is 59.0 Å². The first kappa shape index (κ1) is 43.4. The molecule has 0 amide bonds. The predicted octanol–water partition coefficient (Wildman–Crippen LogP) is -0.573. The number of nitrogen functional groups attached to an aromatic ring is 2. The van der Waals surface area contributed by atoms with E-state index in [1.54, 1.807) is 0 Å². The molecule has 0 bridgehead atoms. The van der Waals surface area contributed by atoms with Crippen molar-refractivity contribution in [2.75, 3.05) is 24.7 Å². The summed E-state index contributed by atoms with van der Waals surface area (Å²) >= 11 is 0. The van der Waals surface area contributed by atoms with Gasteiger partial charge in [0.05, 0.1) is 13.2 Å². The smallest absolute Gasteiger partial charge is 0.280 e. The average molecular weight is 925 g/mol. The number of ether oxygens (including phenoxy) is 2. The van der Waals surface area contributed by atoms with Crippen molar-refractivity contribution >= 4 is 61.4 Å². The van der Waals surface area contributed by atoms with Gasteiger partial charge in [-0.05, 0) is 26.0 Å². The molecule has 7 heterocycles. The molecule has 3 saturated heterocycles. The monoisotopic (exact) mass is 924 g/mol. The Balaban J connectivity index is 1.07. The lowest BCUT2D eigenvalue weighted by Gasteiger charge is -2.34. The highest BCUT2D eigenvalue weighted by atomic mass is 31.2. The van der Waals surface area contributed by atoms with E-state index in [1.807, 2.05) is 0 Å². The average Bonchev–Trinajstić information content (AvgIpc) is 3.97. The van der Waals surface area contributed by atoms with Crippen LogP contribution in [0, 0.1) is 0 Å². The maximum Gasteiger partial charge on any atom is 0.280 e. The van der Waals surface area contributed by atoms with Gasteiger partial charge in [0.25, 0.3) is 26.8 Å². The minimum Gasteiger partial charge on any atom is -0.756 e. The third-order valence-corrected chi connectivity index (χ3v) is 12.5. The highest BCUT2D eigenvalue weighted by Gasteiger charge is 2.52. The number of nitrogens with two attached hydrogens (primary N) is 2. The van der Waals surface area contributed by atoms with Gasteiger partial charge in [0, 0.05) is 22.3 Å². The molecule has 336 valence electrons. The van der Waals surface area contributed by atoms with Crippen LogP contribution in [0.1, 0.15) is 47.0 Å². The summed E-state index contributed by atoms with van der Waals surface area (Å²) in [6.07, 6.45) is -15.1.